The lowest BCUT2D eigenvalue weighted by molar-refractivity contribution is 0.286. The molecule has 2 atom stereocenters. The van der Waals surface area contributed by atoms with Crippen molar-refractivity contribution in [1.82, 2.24) is 14.9 Å². The predicted molar refractivity (Wildman–Crippen MR) is 138 cm³/mol. The Kier molecular flexibility index (Phi) is 5.52. The molecule has 0 saturated carbocycles. The highest BCUT2D eigenvalue weighted by molar-refractivity contribution is 5.91. The van der Waals surface area contributed by atoms with E-state index in [4.69, 9.17) is 4.74 Å². The summed E-state index contributed by atoms with van der Waals surface area (Å²) >= 11 is 0. The smallest absolute Gasteiger partial charge is 0.119 e. The number of aromatic nitrogens is 2. The second kappa shape index (κ2) is 8.96. The molecule has 170 valence electrons. The molecule has 2 aliphatic heterocycles. The van der Waals surface area contributed by atoms with E-state index in [9.17, 15) is 0 Å². The largest absolute Gasteiger partial charge is 0.497 e. The summed E-state index contributed by atoms with van der Waals surface area (Å²) in [4.78, 5) is 10.5. The summed E-state index contributed by atoms with van der Waals surface area (Å²) < 4.78 is 5.50. The minimum Gasteiger partial charge on any atom is -0.497 e. The number of rotatable bonds is 5. The molecular weight excluding hydrogens is 418 g/mol. The van der Waals surface area contributed by atoms with Crippen molar-refractivity contribution in [3.8, 4) is 28.1 Å². The summed E-state index contributed by atoms with van der Waals surface area (Å²) in [5, 5.41) is 0. The second-order valence-electron chi connectivity index (χ2n) is 9.27. The van der Waals surface area contributed by atoms with Gasteiger partial charge in [-0.15, -0.1) is 0 Å². The van der Waals surface area contributed by atoms with E-state index in [1.54, 1.807) is 7.11 Å². The molecule has 0 spiro atoms. The number of fused-ring (bicyclic) bond motifs is 1. The summed E-state index contributed by atoms with van der Waals surface area (Å²) in [7, 11) is 1.71. The van der Waals surface area contributed by atoms with E-state index in [-0.39, 0.29) is 0 Å². The van der Waals surface area contributed by atoms with Crippen LogP contribution in [-0.2, 0) is 0 Å². The molecular formula is C30H29N3O. The quantitative estimate of drug-likeness (QED) is 0.385. The van der Waals surface area contributed by atoms with E-state index in [0.717, 1.165) is 36.5 Å². The van der Waals surface area contributed by atoms with Gasteiger partial charge in [0.1, 0.15) is 5.75 Å². The van der Waals surface area contributed by atoms with Gasteiger partial charge < -0.3 is 9.72 Å². The molecule has 4 heterocycles. The zero-order valence-corrected chi connectivity index (χ0v) is 19.4. The van der Waals surface area contributed by atoms with Crippen LogP contribution in [0.15, 0.2) is 91.4 Å². The lowest BCUT2D eigenvalue weighted by Gasteiger charge is -2.28. The third-order valence-corrected chi connectivity index (χ3v) is 7.34. The van der Waals surface area contributed by atoms with Crippen LogP contribution in [0.3, 0.4) is 0 Å². The number of nitrogens with one attached hydrogen (secondary N) is 1. The SMILES string of the molecule is COc1cccc(-c2[nH]cc(C3=C[C@@H]4C[C@@H](c5ccccc5)CN4CC3)c2-c2ccncc2)c1. The first kappa shape index (κ1) is 20.9. The first-order chi connectivity index (χ1) is 16.8. The van der Waals surface area contributed by atoms with Crippen LogP contribution in [0.5, 0.6) is 5.75 Å². The average Bonchev–Trinajstić information content (AvgIpc) is 3.54. The van der Waals surface area contributed by atoms with Gasteiger partial charge in [0.05, 0.1) is 12.8 Å². The highest BCUT2D eigenvalue weighted by Crippen LogP contribution is 2.43. The molecule has 1 saturated heterocycles. The van der Waals surface area contributed by atoms with E-state index >= 15 is 0 Å². The number of nitrogens with zero attached hydrogens (tertiary/aromatic N) is 2. The van der Waals surface area contributed by atoms with Crippen molar-refractivity contribution in [2.75, 3.05) is 20.2 Å². The van der Waals surface area contributed by atoms with Crippen molar-refractivity contribution in [3.63, 3.8) is 0 Å². The van der Waals surface area contributed by atoms with Crippen LogP contribution >= 0.6 is 0 Å². The Bertz CT molecular complexity index is 1310. The molecule has 0 radical (unpaired) electrons. The van der Waals surface area contributed by atoms with Crippen LogP contribution in [0.25, 0.3) is 28.0 Å². The number of benzene rings is 2. The van der Waals surface area contributed by atoms with Crippen LogP contribution in [0.1, 0.15) is 29.9 Å². The third-order valence-electron chi connectivity index (χ3n) is 7.34. The van der Waals surface area contributed by atoms with Crippen molar-refractivity contribution in [1.29, 1.82) is 0 Å². The number of ether oxygens (including phenoxy) is 1. The van der Waals surface area contributed by atoms with Gasteiger partial charge in [0.2, 0.25) is 0 Å². The van der Waals surface area contributed by atoms with Gasteiger partial charge in [-0.2, -0.15) is 0 Å². The lowest BCUT2D eigenvalue weighted by Crippen LogP contribution is -2.32. The topological polar surface area (TPSA) is 41.1 Å². The van der Waals surface area contributed by atoms with Crippen LogP contribution in [0, 0.1) is 0 Å². The van der Waals surface area contributed by atoms with Gasteiger partial charge in [-0.3, -0.25) is 9.88 Å². The lowest BCUT2D eigenvalue weighted by atomic mass is 9.90. The zero-order valence-electron chi connectivity index (χ0n) is 19.4. The normalized spacial score (nSPS) is 20.1. The minimum absolute atomic E-state index is 0.495. The summed E-state index contributed by atoms with van der Waals surface area (Å²) in [6.07, 6.45) is 10.7. The first-order valence-corrected chi connectivity index (χ1v) is 12.1. The highest BCUT2D eigenvalue weighted by atomic mass is 16.5. The molecule has 34 heavy (non-hydrogen) atoms. The van der Waals surface area contributed by atoms with Crippen molar-refractivity contribution < 1.29 is 4.74 Å². The molecule has 0 unspecified atom stereocenters. The van der Waals surface area contributed by atoms with Crippen LogP contribution in [0.2, 0.25) is 0 Å². The Morgan fingerprint density at radius 2 is 1.82 bits per heavy atom. The molecule has 0 amide bonds. The summed E-state index contributed by atoms with van der Waals surface area (Å²) in [5.74, 6) is 1.47. The molecule has 0 aliphatic carbocycles. The molecule has 2 aromatic heterocycles. The Balaban J connectivity index is 1.39. The fraction of sp³-hybridized carbons (Fsp3) is 0.233. The summed E-state index contributed by atoms with van der Waals surface area (Å²) in [6, 6.07) is 24.0. The van der Waals surface area contributed by atoms with E-state index in [1.807, 2.05) is 24.5 Å². The zero-order chi connectivity index (χ0) is 22.9. The number of hydrogen-bond donors (Lipinski definition) is 1. The Morgan fingerprint density at radius 1 is 0.971 bits per heavy atom. The molecule has 4 heteroatoms. The standard InChI is InChI=1S/C30H29N3O/c1-34-27-9-5-8-24(18-27)30-29(22-10-13-31-14-11-22)28(19-32-30)23-12-15-33-20-25(17-26(33)16-23)21-6-3-2-4-7-21/h2-11,13-14,16,18-19,25-26,32H,12,15,17,20H2,1H3/t25-,26-/m1/s1. The maximum atomic E-state index is 5.50. The fourth-order valence-electron chi connectivity index (χ4n) is 5.64. The first-order valence-electron chi connectivity index (χ1n) is 12.1. The number of methoxy groups -OCH3 is 1. The predicted octanol–water partition coefficient (Wildman–Crippen LogP) is 6.40. The maximum Gasteiger partial charge on any atom is 0.119 e. The van der Waals surface area contributed by atoms with Crippen LogP contribution < -0.4 is 4.74 Å². The van der Waals surface area contributed by atoms with Gasteiger partial charge in [-0.1, -0.05) is 48.5 Å². The molecule has 6 rings (SSSR count). The number of pyridine rings is 1. The van der Waals surface area contributed by atoms with E-state index in [2.05, 4.69) is 81.7 Å². The van der Waals surface area contributed by atoms with Gasteiger partial charge >= 0.3 is 0 Å². The Morgan fingerprint density at radius 3 is 2.65 bits per heavy atom. The van der Waals surface area contributed by atoms with E-state index in [1.165, 1.54) is 34.2 Å². The number of aromatic amines is 1. The van der Waals surface area contributed by atoms with Crippen molar-refractivity contribution in [2.24, 2.45) is 0 Å². The van der Waals surface area contributed by atoms with Gasteiger partial charge in [0, 0.05) is 54.4 Å². The van der Waals surface area contributed by atoms with Crippen LogP contribution in [0.4, 0.5) is 0 Å². The molecule has 1 fully saturated rings. The summed E-state index contributed by atoms with van der Waals surface area (Å²) in [5.41, 5.74) is 8.87. The van der Waals surface area contributed by atoms with Gasteiger partial charge in [-0.05, 0) is 59.7 Å². The van der Waals surface area contributed by atoms with Gasteiger partial charge in [0.25, 0.3) is 0 Å². The van der Waals surface area contributed by atoms with E-state index < -0.39 is 0 Å². The molecule has 4 aromatic rings. The molecule has 1 N–H and O–H groups in total. The molecule has 4 nitrogen and oxygen atoms in total. The van der Waals surface area contributed by atoms with Gasteiger partial charge in [-0.25, -0.2) is 0 Å². The number of H-pyrrole nitrogens is 1. The molecule has 2 aliphatic rings. The van der Waals surface area contributed by atoms with Gasteiger partial charge in [0.15, 0.2) is 0 Å². The van der Waals surface area contributed by atoms with Crippen LogP contribution in [-0.4, -0.2) is 41.1 Å². The fourth-order valence-corrected chi connectivity index (χ4v) is 5.64. The van der Waals surface area contributed by atoms with Crippen molar-refractivity contribution >= 4 is 5.57 Å². The summed E-state index contributed by atoms with van der Waals surface area (Å²) in [6.45, 7) is 2.26. The highest BCUT2D eigenvalue weighted by Gasteiger charge is 2.34. The maximum absolute atomic E-state index is 5.50. The Labute approximate surface area is 200 Å². The molecule has 0 bridgehead atoms. The number of hydrogen-bond acceptors (Lipinski definition) is 3. The van der Waals surface area contributed by atoms with Crippen molar-refractivity contribution in [2.45, 2.75) is 24.8 Å². The minimum atomic E-state index is 0.495. The average molecular weight is 448 g/mol. The third kappa shape index (κ3) is 3.84. The monoisotopic (exact) mass is 447 g/mol. The van der Waals surface area contributed by atoms with E-state index in [0.29, 0.717) is 12.0 Å². The Hall–Kier alpha value is -3.63. The molecule has 2 aromatic carbocycles. The van der Waals surface area contributed by atoms with Crippen molar-refractivity contribution in [3.05, 3.63) is 103 Å². The second-order valence-corrected chi connectivity index (χ2v) is 9.27.